The van der Waals surface area contributed by atoms with Crippen molar-refractivity contribution < 1.29 is 0 Å². The summed E-state index contributed by atoms with van der Waals surface area (Å²) in [5.41, 5.74) is 12.0. The van der Waals surface area contributed by atoms with Crippen molar-refractivity contribution in [2.24, 2.45) is 0 Å². The molecule has 1 aromatic heterocycles. The molecular formula is C44H30N2. The Labute approximate surface area is 269 Å². The quantitative estimate of drug-likeness (QED) is 0.194. The van der Waals surface area contributed by atoms with Crippen LogP contribution < -0.4 is 0 Å². The molecule has 1 heterocycles. The van der Waals surface area contributed by atoms with Gasteiger partial charge < -0.3 is 0 Å². The summed E-state index contributed by atoms with van der Waals surface area (Å²) in [5.74, 6) is 0.710. The van der Waals surface area contributed by atoms with Crippen LogP contribution in [0, 0.1) is 0 Å². The number of fused-ring (bicyclic) bond motifs is 1. The van der Waals surface area contributed by atoms with E-state index in [0.29, 0.717) is 5.82 Å². The van der Waals surface area contributed by atoms with Crippen molar-refractivity contribution in [2.45, 2.75) is 0 Å². The average Bonchev–Trinajstić information content (AvgIpc) is 3.15. The van der Waals surface area contributed by atoms with Crippen LogP contribution in [0.2, 0.25) is 0 Å². The van der Waals surface area contributed by atoms with E-state index in [-0.39, 0.29) is 0 Å². The van der Waals surface area contributed by atoms with Crippen molar-refractivity contribution in [1.29, 1.82) is 0 Å². The van der Waals surface area contributed by atoms with E-state index in [1.54, 1.807) is 0 Å². The molecule has 0 spiro atoms. The van der Waals surface area contributed by atoms with Gasteiger partial charge in [0.2, 0.25) is 0 Å². The van der Waals surface area contributed by atoms with Gasteiger partial charge in [-0.3, -0.25) is 0 Å². The van der Waals surface area contributed by atoms with Gasteiger partial charge in [-0.25, -0.2) is 9.97 Å². The Morgan fingerprint density at radius 1 is 0.239 bits per heavy atom. The van der Waals surface area contributed by atoms with Gasteiger partial charge in [-0.2, -0.15) is 0 Å². The third-order valence-electron chi connectivity index (χ3n) is 8.48. The van der Waals surface area contributed by atoms with E-state index < -0.39 is 0 Å². The van der Waals surface area contributed by atoms with Crippen LogP contribution in [0.4, 0.5) is 0 Å². The summed E-state index contributed by atoms with van der Waals surface area (Å²) in [6.45, 7) is 0. The van der Waals surface area contributed by atoms with Crippen molar-refractivity contribution in [3.8, 4) is 67.3 Å². The first-order chi connectivity index (χ1) is 22.8. The van der Waals surface area contributed by atoms with Gasteiger partial charge in [0, 0.05) is 16.7 Å². The first-order valence-corrected chi connectivity index (χ1v) is 15.6. The maximum Gasteiger partial charge on any atom is 0.160 e. The summed E-state index contributed by atoms with van der Waals surface area (Å²) in [5, 5.41) is 2.37. The SMILES string of the molecule is c1ccc(-c2ccc(-c3cc(-c4cccc(-c5cccc(-c6ccccc6)c5)c4)nc(-c4ccc5ccccc5c4)n3)cc2)cc1. The second kappa shape index (κ2) is 12.1. The maximum atomic E-state index is 5.16. The molecule has 8 aromatic rings. The minimum absolute atomic E-state index is 0.710. The van der Waals surface area contributed by atoms with Crippen molar-refractivity contribution in [2.75, 3.05) is 0 Å². The highest BCUT2D eigenvalue weighted by atomic mass is 14.9. The monoisotopic (exact) mass is 586 g/mol. The Balaban J connectivity index is 1.23. The first-order valence-electron chi connectivity index (χ1n) is 15.6. The molecule has 2 heteroatoms. The van der Waals surface area contributed by atoms with Gasteiger partial charge in [0.15, 0.2) is 5.82 Å². The molecule has 0 fully saturated rings. The number of nitrogens with zero attached hydrogens (tertiary/aromatic N) is 2. The molecule has 0 aliphatic heterocycles. The summed E-state index contributed by atoms with van der Waals surface area (Å²) in [7, 11) is 0. The molecule has 0 atom stereocenters. The molecule has 8 rings (SSSR count). The van der Waals surface area contributed by atoms with Crippen LogP contribution in [-0.4, -0.2) is 9.97 Å². The molecule has 46 heavy (non-hydrogen) atoms. The van der Waals surface area contributed by atoms with E-state index in [1.807, 2.05) is 6.07 Å². The topological polar surface area (TPSA) is 25.8 Å². The smallest absolute Gasteiger partial charge is 0.160 e. The van der Waals surface area contributed by atoms with Crippen molar-refractivity contribution >= 4 is 10.8 Å². The summed E-state index contributed by atoms with van der Waals surface area (Å²) >= 11 is 0. The van der Waals surface area contributed by atoms with E-state index in [1.165, 1.54) is 38.6 Å². The largest absolute Gasteiger partial charge is 0.228 e. The molecule has 0 radical (unpaired) electrons. The fourth-order valence-corrected chi connectivity index (χ4v) is 6.03. The fraction of sp³-hybridized carbons (Fsp3) is 0. The highest BCUT2D eigenvalue weighted by molar-refractivity contribution is 5.87. The first kappa shape index (κ1) is 27.4. The lowest BCUT2D eigenvalue weighted by Crippen LogP contribution is -1.96. The van der Waals surface area contributed by atoms with Crippen molar-refractivity contribution in [3.63, 3.8) is 0 Å². The van der Waals surface area contributed by atoms with E-state index in [9.17, 15) is 0 Å². The van der Waals surface area contributed by atoms with Gasteiger partial charge in [-0.1, -0.05) is 158 Å². The standard InChI is InChI=1S/C44H30N2/c1-3-11-31(12-4-1)34-21-24-35(25-22-34)42-30-43(46-44(45-42)41-26-23-33-15-7-8-16-36(33)29-41)40-20-10-19-39(28-40)38-18-9-17-37(27-38)32-13-5-2-6-14-32/h1-30H. The molecule has 0 bridgehead atoms. The Morgan fingerprint density at radius 2 is 0.674 bits per heavy atom. The van der Waals surface area contributed by atoms with Crippen LogP contribution in [0.1, 0.15) is 0 Å². The molecule has 0 saturated carbocycles. The van der Waals surface area contributed by atoms with Crippen molar-refractivity contribution in [3.05, 3.63) is 182 Å². The number of aromatic nitrogens is 2. The van der Waals surface area contributed by atoms with Gasteiger partial charge in [0.05, 0.1) is 11.4 Å². The van der Waals surface area contributed by atoms with Gasteiger partial charge >= 0.3 is 0 Å². The molecule has 0 saturated heterocycles. The van der Waals surface area contributed by atoms with Gasteiger partial charge in [-0.05, 0) is 68.4 Å². The lowest BCUT2D eigenvalue weighted by molar-refractivity contribution is 1.18. The third-order valence-corrected chi connectivity index (χ3v) is 8.48. The Morgan fingerprint density at radius 3 is 1.35 bits per heavy atom. The molecule has 216 valence electrons. The third kappa shape index (κ3) is 5.60. The molecular weight excluding hydrogens is 556 g/mol. The highest BCUT2D eigenvalue weighted by Gasteiger charge is 2.13. The maximum absolute atomic E-state index is 5.16. The minimum Gasteiger partial charge on any atom is -0.228 e. The zero-order chi connectivity index (χ0) is 30.7. The molecule has 0 aliphatic carbocycles. The van der Waals surface area contributed by atoms with E-state index in [2.05, 4.69) is 176 Å². The summed E-state index contributed by atoms with van der Waals surface area (Å²) < 4.78 is 0. The van der Waals surface area contributed by atoms with Crippen LogP contribution in [0.5, 0.6) is 0 Å². The second-order valence-corrected chi connectivity index (χ2v) is 11.5. The highest BCUT2D eigenvalue weighted by Crippen LogP contribution is 2.33. The lowest BCUT2D eigenvalue weighted by atomic mass is 9.97. The Kier molecular flexibility index (Phi) is 7.22. The van der Waals surface area contributed by atoms with Gasteiger partial charge in [0.25, 0.3) is 0 Å². The average molecular weight is 587 g/mol. The molecule has 7 aromatic carbocycles. The number of hydrogen-bond acceptors (Lipinski definition) is 2. The summed E-state index contributed by atoms with van der Waals surface area (Å²) in [4.78, 5) is 10.3. The van der Waals surface area contributed by atoms with Crippen LogP contribution >= 0.6 is 0 Å². The number of hydrogen-bond donors (Lipinski definition) is 0. The van der Waals surface area contributed by atoms with E-state index >= 15 is 0 Å². The predicted molar refractivity (Wildman–Crippen MR) is 192 cm³/mol. The predicted octanol–water partition coefficient (Wildman–Crippen LogP) is 11.6. The Bertz CT molecular complexity index is 2290. The fourth-order valence-electron chi connectivity index (χ4n) is 6.03. The van der Waals surface area contributed by atoms with E-state index in [4.69, 9.17) is 9.97 Å². The van der Waals surface area contributed by atoms with E-state index in [0.717, 1.165) is 33.6 Å². The number of rotatable bonds is 6. The van der Waals surface area contributed by atoms with Crippen LogP contribution in [-0.2, 0) is 0 Å². The molecule has 2 nitrogen and oxygen atoms in total. The van der Waals surface area contributed by atoms with Gasteiger partial charge in [-0.15, -0.1) is 0 Å². The molecule has 0 N–H and O–H groups in total. The molecule has 0 aliphatic rings. The van der Waals surface area contributed by atoms with Crippen molar-refractivity contribution in [1.82, 2.24) is 9.97 Å². The van der Waals surface area contributed by atoms with Gasteiger partial charge in [0.1, 0.15) is 0 Å². The molecule has 0 unspecified atom stereocenters. The summed E-state index contributed by atoms with van der Waals surface area (Å²) in [6.07, 6.45) is 0. The normalized spacial score (nSPS) is 11.0. The second-order valence-electron chi connectivity index (χ2n) is 11.5. The zero-order valence-corrected chi connectivity index (χ0v) is 25.2. The van der Waals surface area contributed by atoms with Crippen LogP contribution in [0.25, 0.3) is 78.1 Å². The lowest BCUT2D eigenvalue weighted by Gasteiger charge is -2.12. The molecule has 0 amide bonds. The summed E-state index contributed by atoms with van der Waals surface area (Å²) in [6, 6.07) is 64.0. The zero-order valence-electron chi connectivity index (χ0n) is 25.2. The number of benzene rings is 7. The minimum atomic E-state index is 0.710. The van der Waals surface area contributed by atoms with Crippen LogP contribution in [0.3, 0.4) is 0 Å². The Hall–Kier alpha value is -6.12. The van der Waals surface area contributed by atoms with Crippen LogP contribution in [0.15, 0.2) is 182 Å².